The highest BCUT2D eigenvalue weighted by Crippen LogP contribution is 2.38. The number of carboxylic acids is 1. The van der Waals surface area contributed by atoms with E-state index in [0.717, 1.165) is 45.5 Å². The summed E-state index contributed by atoms with van der Waals surface area (Å²) in [5.74, 6) is 0.0644. The molecule has 3 aromatic rings. The highest BCUT2D eigenvalue weighted by Gasteiger charge is 2.29. The van der Waals surface area contributed by atoms with E-state index in [-0.39, 0.29) is 0 Å². The second-order valence-corrected chi connectivity index (χ2v) is 9.32. The van der Waals surface area contributed by atoms with Crippen LogP contribution in [0.2, 0.25) is 0 Å². The number of aromatic nitrogens is 1. The Labute approximate surface area is 168 Å². The van der Waals surface area contributed by atoms with E-state index in [2.05, 4.69) is 29.2 Å². The van der Waals surface area contributed by atoms with E-state index in [9.17, 15) is 9.90 Å². The van der Waals surface area contributed by atoms with E-state index in [4.69, 9.17) is 4.74 Å². The van der Waals surface area contributed by atoms with Crippen LogP contribution in [-0.2, 0) is 4.79 Å². The maximum absolute atomic E-state index is 11.6. The first-order chi connectivity index (χ1) is 13.4. The predicted octanol–water partition coefficient (Wildman–Crippen LogP) is 5.79. The molecule has 0 amide bonds. The van der Waals surface area contributed by atoms with Gasteiger partial charge >= 0.3 is 5.97 Å². The average molecular weight is 394 g/mol. The van der Waals surface area contributed by atoms with Crippen LogP contribution in [0.15, 0.2) is 59.6 Å². The summed E-state index contributed by atoms with van der Waals surface area (Å²) >= 11 is 1.35. The monoisotopic (exact) mass is 393 g/mol. The molecule has 0 atom stereocenters. The van der Waals surface area contributed by atoms with Crippen LogP contribution in [0.5, 0.6) is 5.75 Å². The molecule has 4 rings (SSSR count). The molecule has 1 aliphatic carbocycles. The van der Waals surface area contributed by atoms with Crippen LogP contribution < -0.4 is 4.74 Å². The zero-order valence-corrected chi connectivity index (χ0v) is 16.8. The number of hydrogen-bond donors (Lipinski definition) is 1. The van der Waals surface area contributed by atoms with Gasteiger partial charge in [0.2, 0.25) is 0 Å². The van der Waals surface area contributed by atoms with Crippen molar-refractivity contribution in [3.05, 3.63) is 54.7 Å². The highest BCUT2D eigenvalue weighted by molar-refractivity contribution is 8.01. The molecule has 2 aromatic carbocycles. The van der Waals surface area contributed by atoms with Gasteiger partial charge in [-0.2, -0.15) is 0 Å². The molecule has 0 unspecified atom stereocenters. The average Bonchev–Trinajstić information content (AvgIpc) is 2.64. The molecule has 1 heterocycles. The van der Waals surface area contributed by atoms with Crippen molar-refractivity contribution in [2.45, 2.75) is 48.9 Å². The molecular weight excluding hydrogens is 370 g/mol. The third kappa shape index (κ3) is 3.85. The number of benzene rings is 2. The van der Waals surface area contributed by atoms with Crippen molar-refractivity contribution in [3.8, 4) is 16.9 Å². The van der Waals surface area contributed by atoms with Crippen molar-refractivity contribution in [1.29, 1.82) is 0 Å². The van der Waals surface area contributed by atoms with Crippen molar-refractivity contribution in [2.75, 3.05) is 0 Å². The van der Waals surface area contributed by atoms with Gasteiger partial charge in [0.05, 0.1) is 11.6 Å². The van der Waals surface area contributed by atoms with E-state index in [1.807, 2.05) is 24.3 Å². The van der Waals surface area contributed by atoms with Gasteiger partial charge < -0.3 is 9.84 Å². The second-order valence-electron chi connectivity index (χ2n) is 7.66. The summed E-state index contributed by atoms with van der Waals surface area (Å²) in [6.45, 7) is 3.44. The number of fused-ring (bicyclic) bond motifs is 1. The van der Waals surface area contributed by atoms with Crippen LogP contribution in [0, 0.1) is 0 Å². The van der Waals surface area contributed by atoms with Gasteiger partial charge in [0.25, 0.3) is 0 Å². The molecule has 0 spiro atoms. The lowest BCUT2D eigenvalue weighted by Gasteiger charge is -2.26. The number of nitrogens with zero attached hydrogens (tertiary/aromatic N) is 1. The van der Waals surface area contributed by atoms with E-state index >= 15 is 0 Å². The SMILES string of the molecule is CC(C)(Sc1ccnc2ccc(-c3cccc(OC4CCC4)c3)cc12)C(=O)O. The van der Waals surface area contributed by atoms with Crippen LogP contribution in [0.25, 0.3) is 22.0 Å². The zero-order valence-electron chi connectivity index (χ0n) is 16.0. The summed E-state index contributed by atoms with van der Waals surface area (Å²) in [5, 5.41) is 10.4. The molecule has 0 bridgehead atoms. The normalized spacial score (nSPS) is 14.6. The Morgan fingerprint density at radius 1 is 1.14 bits per heavy atom. The van der Waals surface area contributed by atoms with Crippen LogP contribution in [-0.4, -0.2) is 26.9 Å². The molecule has 5 heteroatoms. The number of pyridine rings is 1. The fourth-order valence-electron chi connectivity index (χ4n) is 3.14. The predicted molar refractivity (Wildman–Crippen MR) is 113 cm³/mol. The first kappa shape index (κ1) is 18.8. The maximum Gasteiger partial charge on any atom is 0.319 e. The quantitative estimate of drug-likeness (QED) is 0.537. The largest absolute Gasteiger partial charge is 0.490 e. The zero-order chi connectivity index (χ0) is 19.7. The molecule has 1 fully saturated rings. The molecule has 28 heavy (non-hydrogen) atoms. The van der Waals surface area contributed by atoms with Gasteiger partial charge in [0.15, 0.2) is 0 Å². The third-order valence-electron chi connectivity index (χ3n) is 5.10. The van der Waals surface area contributed by atoms with Crippen molar-refractivity contribution < 1.29 is 14.6 Å². The van der Waals surface area contributed by atoms with Crippen molar-refractivity contribution in [3.63, 3.8) is 0 Å². The minimum absolute atomic E-state index is 0.345. The Bertz CT molecular complexity index is 1030. The van der Waals surface area contributed by atoms with Gasteiger partial charge in [-0.1, -0.05) is 18.2 Å². The number of hydrogen-bond acceptors (Lipinski definition) is 4. The number of thioether (sulfide) groups is 1. The Morgan fingerprint density at radius 3 is 2.64 bits per heavy atom. The lowest BCUT2D eigenvalue weighted by molar-refractivity contribution is -0.138. The Hall–Kier alpha value is -2.53. The summed E-state index contributed by atoms with van der Waals surface area (Å²) in [7, 11) is 0. The molecule has 1 aliphatic rings. The smallest absolute Gasteiger partial charge is 0.319 e. The van der Waals surface area contributed by atoms with Crippen molar-refractivity contribution in [1.82, 2.24) is 4.98 Å². The number of carbonyl (C=O) groups is 1. The number of ether oxygens (including phenoxy) is 1. The van der Waals surface area contributed by atoms with Crippen LogP contribution in [0.3, 0.4) is 0 Å². The van der Waals surface area contributed by atoms with Crippen LogP contribution in [0.1, 0.15) is 33.1 Å². The molecule has 1 saturated carbocycles. The van der Waals surface area contributed by atoms with E-state index in [1.165, 1.54) is 18.2 Å². The molecule has 1 aromatic heterocycles. The lowest BCUT2D eigenvalue weighted by atomic mass is 9.96. The van der Waals surface area contributed by atoms with E-state index < -0.39 is 10.7 Å². The Balaban J connectivity index is 1.70. The standard InChI is InChI=1S/C23H23NO3S/c1-23(2,22(25)26)28-21-11-12-24-20-10-9-16(14-19(20)21)15-5-3-8-18(13-15)27-17-6-4-7-17/h3,5,8-14,17H,4,6-7H2,1-2H3,(H,25,26). The summed E-state index contributed by atoms with van der Waals surface area (Å²) in [4.78, 5) is 16.9. The minimum atomic E-state index is -0.916. The first-order valence-corrected chi connectivity index (χ1v) is 10.3. The van der Waals surface area contributed by atoms with Gasteiger partial charge in [-0.05, 0) is 74.6 Å². The first-order valence-electron chi connectivity index (χ1n) is 9.51. The summed E-state index contributed by atoms with van der Waals surface area (Å²) in [5.41, 5.74) is 3.00. The molecule has 0 radical (unpaired) electrons. The summed E-state index contributed by atoms with van der Waals surface area (Å²) < 4.78 is 5.12. The minimum Gasteiger partial charge on any atom is -0.490 e. The fraction of sp³-hybridized carbons (Fsp3) is 0.304. The molecule has 4 nitrogen and oxygen atoms in total. The topological polar surface area (TPSA) is 59.4 Å². The Kier molecular flexibility index (Phi) is 5.02. The van der Waals surface area contributed by atoms with Crippen LogP contribution in [0.4, 0.5) is 0 Å². The van der Waals surface area contributed by atoms with Gasteiger partial charge in [-0.3, -0.25) is 9.78 Å². The Morgan fingerprint density at radius 2 is 1.93 bits per heavy atom. The molecule has 0 saturated heterocycles. The summed E-state index contributed by atoms with van der Waals surface area (Å²) in [6, 6.07) is 16.2. The number of carboxylic acid groups (broad SMARTS) is 1. The van der Waals surface area contributed by atoms with Crippen LogP contribution >= 0.6 is 11.8 Å². The number of rotatable bonds is 6. The van der Waals surface area contributed by atoms with E-state index in [0.29, 0.717) is 6.10 Å². The third-order valence-corrected chi connectivity index (χ3v) is 6.36. The van der Waals surface area contributed by atoms with Crippen molar-refractivity contribution in [2.24, 2.45) is 0 Å². The second kappa shape index (κ2) is 7.47. The van der Waals surface area contributed by atoms with Gasteiger partial charge in [0.1, 0.15) is 10.5 Å². The highest BCUT2D eigenvalue weighted by atomic mass is 32.2. The maximum atomic E-state index is 11.6. The lowest BCUT2D eigenvalue weighted by Crippen LogP contribution is -2.26. The van der Waals surface area contributed by atoms with Crippen molar-refractivity contribution >= 4 is 28.6 Å². The fourth-order valence-corrected chi connectivity index (χ4v) is 4.18. The summed E-state index contributed by atoms with van der Waals surface area (Å²) in [6.07, 6.45) is 5.58. The van der Waals surface area contributed by atoms with Gasteiger partial charge in [0, 0.05) is 16.5 Å². The van der Waals surface area contributed by atoms with Gasteiger partial charge in [-0.25, -0.2) is 0 Å². The van der Waals surface area contributed by atoms with Gasteiger partial charge in [-0.15, -0.1) is 11.8 Å². The molecule has 0 aliphatic heterocycles. The molecule has 144 valence electrons. The van der Waals surface area contributed by atoms with E-state index in [1.54, 1.807) is 20.0 Å². The number of aliphatic carboxylic acids is 1. The molecule has 1 N–H and O–H groups in total. The molecular formula is C23H23NO3S.